The largest absolute Gasteiger partial charge is 0.481 e. The van der Waals surface area contributed by atoms with Crippen LogP contribution < -0.4 is 4.90 Å². The number of fused-ring (bicyclic) bond motifs is 1. The van der Waals surface area contributed by atoms with Crippen LogP contribution in [0.15, 0.2) is 54.6 Å². The van der Waals surface area contributed by atoms with E-state index in [1.54, 1.807) is 0 Å². The Kier molecular flexibility index (Phi) is 5.45. The molecule has 1 aliphatic heterocycles. The maximum atomic E-state index is 12.4. The molecule has 3 N–H and O–H groups in total. The lowest BCUT2D eigenvalue weighted by Gasteiger charge is -2.44. The maximum Gasteiger partial charge on any atom is 0.314 e. The molecule has 0 unspecified atom stereocenters. The Morgan fingerprint density at radius 1 is 1.20 bits per heavy atom. The van der Waals surface area contributed by atoms with E-state index >= 15 is 0 Å². The number of carboxylic acids is 1. The second-order valence-electron chi connectivity index (χ2n) is 8.13. The second-order valence-corrected chi connectivity index (χ2v) is 8.13. The van der Waals surface area contributed by atoms with Gasteiger partial charge >= 0.3 is 5.97 Å². The van der Waals surface area contributed by atoms with Gasteiger partial charge in [0.2, 0.25) is 0 Å². The van der Waals surface area contributed by atoms with Gasteiger partial charge in [0.15, 0.2) is 0 Å². The molecule has 0 spiro atoms. The van der Waals surface area contributed by atoms with Crippen LogP contribution in [0.1, 0.15) is 23.1 Å². The van der Waals surface area contributed by atoms with Crippen LogP contribution in [0, 0.1) is 12.3 Å². The Morgan fingerprint density at radius 2 is 1.97 bits per heavy atom. The van der Waals surface area contributed by atoms with Gasteiger partial charge in [-0.3, -0.25) is 4.79 Å². The monoisotopic (exact) mass is 406 g/mol. The van der Waals surface area contributed by atoms with Crippen molar-refractivity contribution in [3.8, 4) is 0 Å². The molecule has 1 fully saturated rings. The first-order chi connectivity index (χ1) is 14.4. The van der Waals surface area contributed by atoms with Crippen molar-refractivity contribution in [3.63, 3.8) is 0 Å². The minimum atomic E-state index is -1.35. The van der Waals surface area contributed by atoms with E-state index in [1.807, 2.05) is 66.4 Å². The molecule has 0 amide bonds. The standard InChI is InChI=1S/C24H26N2O4/c1-16-6-5-9-18-12-19(14-27)22(25-21(16)18)26-11-10-20(28)24(15-26,23(29)30)13-17-7-3-2-4-8-17/h2-9,12,20,27-28H,10-11,13-15H2,1H3,(H,29,30)/t20-,24+/m0/s1. The fourth-order valence-electron chi connectivity index (χ4n) is 4.45. The van der Waals surface area contributed by atoms with Crippen LogP contribution in [0.5, 0.6) is 0 Å². The molecule has 4 rings (SSSR count). The number of hydrogen-bond donors (Lipinski definition) is 3. The number of aromatic nitrogens is 1. The molecule has 1 aliphatic rings. The van der Waals surface area contributed by atoms with Crippen molar-refractivity contribution in [2.45, 2.75) is 32.5 Å². The highest BCUT2D eigenvalue weighted by Crippen LogP contribution is 2.38. The molecular formula is C24H26N2O4. The number of rotatable bonds is 5. The molecule has 6 heteroatoms. The molecule has 2 aromatic carbocycles. The molecule has 3 aromatic rings. The molecule has 2 atom stereocenters. The number of hydrogen-bond acceptors (Lipinski definition) is 5. The lowest BCUT2D eigenvalue weighted by Crippen LogP contribution is -2.57. The molecule has 0 aliphatic carbocycles. The zero-order valence-electron chi connectivity index (χ0n) is 17.0. The fourth-order valence-corrected chi connectivity index (χ4v) is 4.45. The lowest BCUT2D eigenvalue weighted by atomic mass is 9.72. The SMILES string of the molecule is Cc1cccc2cc(CO)c(N3CC[C@H](O)[C@](Cc4ccccc4)(C(=O)O)C3)nc12. The summed E-state index contributed by atoms with van der Waals surface area (Å²) in [6.45, 7) is 2.39. The Balaban J connectivity index is 1.77. The first-order valence-electron chi connectivity index (χ1n) is 10.1. The predicted molar refractivity (Wildman–Crippen MR) is 115 cm³/mol. The number of nitrogens with zero attached hydrogens (tertiary/aromatic N) is 2. The van der Waals surface area contributed by atoms with Gasteiger partial charge in [-0.25, -0.2) is 4.98 Å². The highest BCUT2D eigenvalue weighted by Gasteiger charge is 2.49. The van der Waals surface area contributed by atoms with E-state index in [9.17, 15) is 20.1 Å². The van der Waals surface area contributed by atoms with Crippen molar-refractivity contribution in [1.82, 2.24) is 4.98 Å². The highest BCUT2D eigenvalue weighted by molar-refractivity contribution is 5.85. The zero-order chi connectivity index (χ0) is 21.3. The van der Waals surface area contributed by atoms with Crippen LogP contribution in [-0.2, 0) is 17.8 Å². The fraction of sp³-hybridized carbons (Fsp3) is 0.333. The van der Waals surface area contributed by atoms with E-state index in [0.717, 1.165) is 22.0 Å². The molecule has 30 heavy (non-hydrogen) atoms. The van der Waals surface area contributed by atoms with Crippen molar-refractivity contribution < 1.29 is 20.1 Å². The van der Waals surface area contributed by atoms with Crippen molar-refractivity contribution in [2.24, 2.45) is 5.41 Å². The highest BCUT2D eigenvalue weighted by atomic mass is 16.4. The summed E-state index contributed by atoms with van der Waals surface area (Å²) in [5.41, 5.74) is 2.02. The molecule has 0 radical (unpaired) electrons. The van der Waals surface area contributed by atoms with Crippen LogP contribution in [0.2, 0.25) is 0 Å². The van der Waals surface area contributed by atoms with Crippen molar-refractivity contribution >= 4 is 22.7 Å². The molecular weight excluding hydrogens is 380 g/mol. The third-order valence-corrected chi connectivity index (χ3v) is 6.15. The Morgan fingerprint density at radius 3 is 2.67 bits per heavy atom. The number of para-hydroxylation sites is 1. The number of anilines is 1. The minimum Gasteiger partial charge on any atom is -0.481 e. The van der Waals surface area contributed by atoms with Gasteiger partial charge in [-0.1, -0.05) is 48.5 Å². The molecule has 0 bridgehead atoms. The van der Waals surface area contributed by atoms with E-state index in [1.165, 1.54) is 0 Å². The molecule has 2 heterocycles. The molecule has 156 valence electrons. The summed E-state index contributed by atoms with van der Waals surface area (Å²) in [4.78, 5) is 19.2. The molecule has 6 nitrogen and oxygen atoms in total. The Labute approximate surface area is 175 Å². The molecule has 1 saturated heterocycles. The summed E-state index contributed by atoms with van der Waals surface area (Å²) >= 11 is 0. The van der Waals surface area contributed by atoms with Gasteiger partial charge in [0.05, 0.1) is 18.2 Å². The van der Waals surface area contributed by atoms with E-state index in [0.29, 0.717) is 24.3 Å². The van der Waals surface area contributed by atoms with Crippen LogP contribution in [0.25, 0.3) is 10.9 Å². The predicted octanol–water partition coefficient (Wildman–Crippen LogP) is 2.92. The normalized spacial score (nSPS) is 21.7. The quantitative estimate of drug-likeness (QED) is 0.603. The van der Waals surface area contributed by atoms with Gasteiger partial charge in [-0.2, -0.15) is 0 Å². The van der Waals surface area contributed by atoms with E-state index in [-0.39, 0.29) is 19.6 Å². The van der Waals surface area contributed by atoms with Crippen LogP contribution in [0.3, 0.4) is 0 Å². The van der Waals surface area contributed by atoms with Gasteiger partial charge in [0, 0.05) is 24.0 Å². The number of aliphatic carboxylic acids is 1. The number of aliphatic hydroxyl groups is 2. The summed E-state index contributed by atoms with van der Waals surface area (Å²) in [5, 5.41) is 31.9. The van der Waals surface area contributed by atoms with E-state index < -0.39 is 17.5 Å². The summed E-state index contributed by atoms with van der Waals surface area (Å²) in [7, 11) is 0. The maximum absolute atomic E-state index is 12.4. The second kappa shape index (κ2) is 8.05. The zero-order valence-corrected chi connectivity index (χ0v) is 17.0. The number of aliphatic hydroxyl groups excluding tert-OH is 2. The summed E-state index contributed by atoms with van der Waals surface area (Å²) in [6.07, 6.45) is -0.425. The Bertz CT molecular complexity index is 1070. The van der Waals surface area contributed by atoms with Crippen molar-refractivity contribution in [1.29, 1.82) is 0 Å². The summed E-state index contributed by atoms with van der Waals surface area (Å²) in [5.74, 6) is -0.434. The minimum absolute atomic E-state index is 0.121. The van der Waals surface area contributed by atoms with Gasteiger partial charge in [0.1, 0.15) is 11.2 Å². The average Bonchev–Trinajstić information content (AvgIpc) is 2.75. The van der Waals surface area contributed by atoms with Gasteiger partial charge < -0.3 is 20.2 Å². The molecule has 0 saturated carbocycles. The van der Waals surface area contributed by atoms with Gasteiger partial charge in [-0.05, 0) is 37.0 Å². The van der Waals surface area contributed by atoms with Crippen molar-refractivity contribution in [3.05, 3.63) is 71.3 Å². The first-order valence-corrected chi connectivity index (χ1v) is 10.1. The number of aryl methyl sites for hydroxylation is 1. The lowest BCUT2D eigenvalue weighted by molar-refractivity contribution is -0.157. The molecule has 1 aromatic heterocycles. The van der Waals surface area contributed by atoms with Crippen LogP contribution in [0.4, 0.5) is 5.82 Å². The summed E-state index contributed by atoms with van der Waals surface area (Å²) in [6, 6.07) is 17.2. The summed E-state index contributed by atoms with van der Waals surface area (Å²) < 4.78 is 0. The number of pyridine rings is 1. The smallest absolute Gasteiger partial charge is 0.314 e. The van der Waals surface area contributed by atoms with Crippen LogP contribution in [-0.4, -0.2) is 45.5 Å². The third-order valence-electron chi connectivity index (χ3n) is 6.15. The average molecular weight is 406 g/mol. The first kappa shape index (κ1) is 20.3. The van der Waals surface area contributed by atoms with Crippen LogP contribution >= 0.6 is 0 Å². The van der Waals surface area contributed by atoms with Crippen molar-refractivity contribution in [2.75, 3.05) is 18.0 Å². The third kappa shape index (κ3) is 3.53. The van der Waals surface area contributed by atoms with Gasteiger partial charge in [0.25, 0.3) is 0 Å². The number of carboxylic acid groups (broad SMARTS) is 1. The van der Waals surface area contributed by atoms with Gasteiger partial charge in [-0.15, -0.1) is 0 Å². The Hall–Kier alpha value is -2.96. The topological polar surface area (TPSA) is 93.9 Å². The number of piperidine rings is 1. The van der Waals surface area contributed by atoms with E-state index in [2.05, 4.69) is 0 Å². The number of carbonyl (C=O) groups is 1. The number of benzene rings is 2. The van der Waals surface area contributed by atoms with E-state index in [4.69, 9.17) is 4.98 Å².